The number of hydrogen-bond acceptors (Lipinski definition) is 4. The highest BCUT2D eigenvalue weighted by atomic mass is 16.5. The lowest BCUT2D eigenvalue weighted by Crippen LogP contribution is -2.13. The highest BCUT2D eigenvalue weighted by Crippen LogP contribution is 2.35. The predicted octanol–water partition coefficient (Wildman–Crippen LogP) is 8.17. The minimum absolute atomic E-state index is 0.467. The van der Waals surface area contributed by atoms with E-state index in [4.69, 9.17) is 14.7 Å². The molecule has 0 atom stereocenters. The number of nitrogens with zero attached hydrogens (tertiary/aromatic N) is 2. The van der Waals surface area contributed by atoms with E-state index in [1.807, 2.05) is 60.7 Å². The molecule has 2 aliphatic heterocycles. The van der Waals surface area contributed by atoms with E-state index in [1.54, 1.807) is 0 Å². The van der Waals surface area contributed by atoms with Gasteiger partial charge in [-0.25, -0.2) is 14.8 Å². The lowest BCUT2D eigenvalue weighted by molar-refractivity contribution is 0.187. The molecule has 0 aliphatic carbocycles. The van der Waals surface area contributed by atoms with Gasteiger partial charge in [0.1, 0.15) is 0 Å². The van der Waals surface area contributed by atoms with Crippen LogP contribution in [0.25, 0.3) is 68.6 Å². The van der Waals surface area contributed by atoms with Gasteiger partial charge in [-0.05, 0) is 65.8 Å². The summed E-state index contributed by atoms with van der Waals surface area (Å²) >= 11 is 0. The molecule has 5 aromatic rings. The third kappa shape index (κ3) is 4.59. The highest BCUT2D eigenvalue weighted by Gasteiger charge is 2.18. The van der Waals surface area contributed by atoms with Crippen LogP contribution in [0.3, 0.4) is 0 Å². The fourth-order valence-electron chi connectivity index (χ4n) is 5.24. The number of ether oxygens (including phenoxy) is 1. The zero-order valence-electron chi connectivity index (χ0n) is 22.2. The first kappa shape index (κ1) is 24.4. The summed E-state index contributed by atoms with van der Waals surface area (Å²) < 4.78 is 4.96. The van der Waals surface area contributed by atoms with Gasteiger partial charge in [0.05, 0.1) is 35.6 Å². The molecule has 8 bridgehead atoms. The molecular weight excluding hydrogens is 510 g/mol. The van der Waals surface area contributed by atoms with Gasteiger partial charge in [-0.3, -0.25) is 5.32 Å². The Bertz CT molecular complexity index is 1880. The topological polar surface area (TPSA) is 95.7 Å². The Balaban J connectivity index is 1.62. The van der Waals surface area contributed by atoms with Crippen LogP contribution < -0.4 is 5.32 Å². The van der Waals surface area contributed by atoms with Crippen LogP contribution in [0.15, 0.2) is 91.0 Å². The third-order valence-electron chi connectivity index (χ3n) is 7.11. The molecule has 0 unspecified atom stereocenters. The smallest absolute Gasteiger partial charge is 0.411 e. The van der Waals surface area contributed by atoms with Crippen LogP contribution in [0.4, 0.5) is 10.5 Å². The number of amides is 1. The summed E-state index contributed by atoms with van der Waals surface area (Å²) in [5.74, 6) is 0. The summed E-state index contributed by atoms with van der Waals surface area (Å²) in [6.45, 7) is 0. The van der Waals surface area contributed by atoms with Gasteiger partial charge in [0, 0.05) is 33.2 Å². The standard InChI is InChI=1S/C34H25N5O2/c1-41-34(40)39-33-29-18-16-27(37-29)31(21-8-4-2-5-9-21)25-14-12-23(35-25)20-24-13-15-26(36-24)32(22-10-6-3-7-11-22)28-17-19-30(33)38-28/h2-20,35-36H,1H3,(H,39,40). The maximum Gasteiger partial charge on any atom is 0.411 e. The number of anilines is 1. The van der Waals surface area contributed by atoms with Crippen LogP contribution in [0.1, 0.15) is 22.8 Å². The lowest BCUT2D eigenvalue weighted by Gasteiger charge is -2.06. The number of aromatic amines is 2. The van der Waals surface area contributed by atoms with E-state index in [0.29, 0.717) is 17.1 Å². The second-order valence-corrected chi connectivity index (χ2v) is 9.70. The fourth-order valence-corrected chi connectivity index (χ4v) is 5.24. The van der Waals surface area contributed by atoms with E-state index < -0.39 is 6.09 Å². The van der Waals surface area contributed by atoms with E-state index >= 15 is 0 Å². The van der Waals surface area contributed by atoms with Crippen LogP contribution in [-0.4, -0.2) is 33.1 Å². The van der Waals surface area contributed by atoms with Crippen molar-refractivity contribution in [2.45, 2.75) is 0 Å². The number of methoxy groups -OCH3 is 1. The van der Waals surface area contributed by atoms with E-state index in [2.05, 4.69) is 69.9 Å². The molecule has 0 spiro atoms. The summed E-state index contributed by atoms with van der Waals surface area (Å²) in [7, 11) is 1.34. The first-order valence-corrected chi connectivity index (χ1v) is 13.3. The SMILES string of the molecule is COC(=O)Nc1c2nc(c(-c3ccccc3)c3ccc(cc4ccc([nH]4)c(-c4ccccc4)c4nc1C=C4)[nH]3)C=C2. The molecule has 7 heteroatoms. The Morgan fingerprint density at radius 3 is 1.56 bits per heavy atom. The van der Waals surface area contributed by atoms with E-state index in [0.717, 1.165) is 55.7 Å². The number of rotatable bonds is 3. The van der Waals surface area contributed by atoms with Gasteiger partial charge in [0.15, 0.2) is 0 Å². The summed E-state index contributed by atoms with van der Waals surface area (Å²) in [4.78, 5) is 29.6. The van der Waals surface area contributed by atoms with Crippen LogP contribution >= 0.6 is 0 Å². The van der Waals surface area contributed by atoms with Crippen molar-refractivity contribution in [1.29, 1.82) is 0 Å². The predicted molar refractivity (Wildman–Crippen MR) is 166 cm³/mol. The summed E-state index contributed by atoms with van der Waals surface area (Å²) in [5.41, 5.74) is 10.9. The number of carbonyl (C=O) groups is 1. The second-order valence-electron chi connectivity index (χ2n) is 9.70. The number of nitrogens with one attached hydrogen (secondary N) is 3. The number of carbonyl (C=O) groups excluding carboxylic acids is 1. The van der Waals surface area contributed by atoms with E-state index in [1.165, 1.54) is 7.11 Å². The first-order chi connectivity index (χ1) is 20.2. The van der Waals surface area contributed by atoms with Crippen molar-refractivity contribution in [2.75, 3.05) is 12.4 Å². The number of aromatic nitrogens is 4. The minimum Gasteiger partial charge on any atom is -0.453 e. The molecule has 0 radical (unpaired) electrons. The largest absolute Gasteiger partial charge is 0.453 e. The summed E-state index contributed by atoms with van der Waals surface area (Å²) in [6.07, 6.45) is 7.11. The number of fused-ring (bicyclic) bond motifs is 8. The molecule has 0 fully saturated rings. The van der Waals surface area contributed by atoms with Gasteiger partial charge in [0.25, 0.3) is 0 Å². The molecule has 3 aromatic heterocycles. The monoisotopic (exact) mass is 535 g/mol. The van der Waals surface area contributed by atoms with Gasteiger partial charge < -0.3 is 14.7 Å². The maximum atomic E-state index is 12.5. The molecule has 2 aromatic carbocycles. The molecule has 0 saturated carbocycles. The van der Waals surface area contributed by atoms with Crippen molar-refractivity contribution >= 4 is 58.2 Å². The van der Waals surface area contributed by atoms with Crippen molar-refractivity contribution in [1.82, 2.24) is 19.9 Å². The molecular formula is C34H25N5O2. The quantitative estimate of drug-likeness (QED) is 0.213. The molecule has 3 N–H and O–H groups in total. The minimum atomic E-state index is -0.596. The van der Waals surface area contributed by atoms with Crippen LogP contribution in [0, 0.1) is 0 Å². The zero-order valence-corrected chi connectivity index (χ0v) is 22.2. The molecule has 1 amide bonds. The van der Waals surface area contributed by atoms with Crippen LogP contribution in [0.5, 0.6) is 0 Å². The number of H-pyrrole nitrogens is 2. The lowest BCUT2D eigenvalue weighted by atomic mass is 10.0. The Hall–Kier alpha value is -5.69. The number of benzene rings is 2. The maximum absolute atomic E-state index is 12.5. The van der Waals surface area contributed by atoms with Crippen LogP contribution in [0.2, 0.25) is 0 Å². The Morgan fingerprint density at radius 1 is 0.634 bits per heavy atom. The molecule has 7 rings (SSSR count). The van der Waals surface area contributed by atoms with Crippen molar-refractivity contribution in [3.05, 3.63) is 114 Å². The molecule has 2 aliphatic rings. The van der Waals surface area contributed by atoms with Gasteiger partial charge in [-0.2, -0.15) is 0 Å². The van der Waals surface area contributed by atoms with E-state index in [9.17, 15) is 4.79 Å². The average Bonchev–Trinajstić information content (AvgIpc) is 3.83. The average molecular weight is 536 g/mol. The zero-order chi connectivity index (χ0) is 27.8. The van der Waals surface area contributed by atoms with Gasteiger partial charge in [0.2, 0.25) is 0 Å². The molecule has 198 valence electrons. The van der Waals surface area contributed by atoms with Crippen LogP contribution in [-0.2, 0) is 4.74 Å². The molecule has 41 heavy (non-hydrogen) atoms. The molecule has 7 nitrogen and oxygen atoms in total. The summed E-state index contributed by atoms with van der Waals surface area (Å²) in [6, 6.07) is 30.6. The van der Waals surface area contributed by atoms with Crippen molar-refractivity contribution < 1.29 is 9.53 Å². The van der Waals surface area contributed by atoms with Crippen molar-refractivity contribution in [2.24, 2.45) is 0 Å². The van der Waals surface area contributed by atoms with E-state index in [-0.39, 0.29) is 0 Å². The Morgan fingerprint density at radius 2 is 1.10 bits per heavy atom. The van der Waals surface area contributed by atoms with Crippen molar-refractivity contribution in [3.63, 3.8) is 0 Å². The normalized spacial score (nSPS) is 11.9. The second kappa shape index (κ2) is 10.1. The molecule has 5 heterocycles. The van der Waals surface area contributed by atoms with Gasteiger partial charge in [-0.15, -0.1) is 0 Å². The Kier molecular flexibility index (Phi) is 6.02. The third-order valence-corrected chi connectivity index (χ3v) is 7.11. The fraction of sp³-hybridized carbons (Fsp3) is 0.0294. The first-order valence-electron chi connectivity index (χ1n) is 13.3. The summed E-state index contributed by atoms with van der Waals surface area (Å²) in [5, 5.41) is 2.86. The number of hydrogen-bond donors (Lipinski definition) is 3. The van der Waals surface area contributed by atoms with Crippen molar-refractivity contribution in [3.8, 4) is 22.3 Å². The van der Waals surface area contributed by atoms with Gasteiger partial charge in [-0.1, -0.05) is 60.7 Å². The molecule has 0 saturated heterocycles. The Labute approximate surface area is 235 Å². The highest BCUT2D eigenvalue weighted by molar-refractivity contribution is 5.98. The van der Waals surface area contributed by atoms with Gasteiger partial charge >= 0.3 is 6.09 Å².